The number of aryl methyl sites for hydroxylation is 2. The number of nitrogens with one attached hydrogen (secondary N) is 1. The van der Waals surface area contributed by atoms with Gasteiger partial charge in [0.15, 0.2) is 11.6 Å². The van der Waals surface area contributed by atoms with Crippen molar-refractivity contribution in [3.05, 3.63) is 17.3 Å². The minimum Gasteiger partial charge on any atom is -0.385 e. The summed E-state index contributed by atoms with van der Waals surface area (Å²) in [7, 11) is 1.63. The van der Waals surface area contributed by atoms with Gasteiger partial charge in [-0.05, 0) is 13.3 Å². The number of nitrogen functional groups attached to an aromatic ring is 1. The first-order valence-electron chi connectivity index (χ1n) is 4.67. The Balaban J connectivity index is 2.77. The van der Waals surface area contributed by atoms with Crippen LogP contribution in [0.15, 0.2) is 0 Å². The molecule has 6 heteroatoms. The van der Waals surface area contributed by atoms with Crippen LogP contribution in [0.3, 0.4) is 0 Å². The molecular formula is C9H15FN4O. The molecular weight excluding hydrogens is 199 g/mol. The van der Waals surface area contributed by atoms with Gasteiger partial charge in [-0.2, -0.15) is 0 Å². The van der Waals surface area contributed by atoms with E-state index in [1.54, 1.807) is 14.0 Å². The van der Waals surface area contributed by atoms with E-state index in [9.17, 15) is 4.39 Å². The van der Waals surface area contributed by atoms with E-state index in [2.05, 4.69) is 15.4 Å². The maximum atomic E-state index is 13.3. The predicted molar refractivity (Wildman–Crippen MR) is 54.7 cm³/mol. The lowest BCUT2D eigenvalue weighted by molar-refractivity contribution is 0.194. The molecule has 15 heavy (non-hydrogen) atoms. The summed E-state index contributed by atoms with van der Waals surface area (Å²) in [5.74, 6) is 5.24. The van der Waals surface area contributed by atoms with E-state index in [-0.39, 0.29) is 5.82 Å². The molecule has 0 aliphatic carbocycles. The van der Waals surface area contributed by atoms with E-state index >= 15 is 0 Å². The molecule has 84 valence electrons. The molecule has 0 bridgehead atoms. The smallest absolute Gasteiger partial charge is 0.187 e. The quantitative estimate of drug-likeness (QED) is 0.430. The number of rotatable bonds is 5. The van der Waals surface area contributed by atoms with Crippen molar-refractivity contribution in [2.24, 2.45) is 5.84 Å². The van der Waals surface area contributed by atoms with Crippen LogP contribution in [-0.4, -0.2) is 23.7 Å². The SMILES string of the molecule is COCCCc1nc(C)c(F)c(NN)n1. The molecule has 0 aromatic carbocycles. The molecule has 1 rings (SSSR count). The van der Waals surface area contributed by atoms with Gasteiger partial charge in [0.2, 0.25) is 0 Å². The zero-order valence-electron chi connectivity index (χ0n) is 8.88. The molecule has 0 aliphatic rings. The first-order chi connectivity index (χ1) is 7.19. The monoisotopic (exact) mass is 214 g/mol. The first-order valence-corrected chi connectivity index (χ1v) is 4.67. The van der Waals surface area contributed by atoms with Crippen molar-refractivity contribution in [2.45, 2.75) is 19.8 Å². The molecule has 3 N–H and O–H groups in total. The normalized spacial score (nSPS) is 10.4. The van der Waals surface area contributed by atoms with Crippen molar-refractivity contribution in [3.8, 4) is 0 Å². The van der Waals surface area contributed by atoms with Crippen LogP contribution < -0.4 is 11.3 Å². The fraction of sp³-hybridized carbons (Fsp3) is 0.556. The molecule has 0 fully saturated rings. The van der Waals surface area contributed by atoms with Gasteiger partial charge in [0.1, 0.15) is 5.82 Å². The van der Waals surface area contributed by atoms with Gasteiger partial charge in [-0.3, -0.25) is 0 Å². The molecule has 1 aromatic rings. The molecule has 0 amide bonds. The lowest BCUT2D eigenvalue weighted by Crippen LogP contribution is -2.14. The molecule has 0 saturated heterocycles. The second-order valence-corrected chi connectivity index (χ2v) is 3.13. The molecule has 0 spiro atoms. The van der Waals surface area contributed by atoms with Crippen molar-refractivity contribution in [1.82, 2.24) is 9.97 Å². The molecule has 0 unspecified atom stereocenters. The summed E-state index contributed by atoms with van der Waals surface area (Å²) in [5.41, 5.74) is 2.51. The highest BCUT2D eigenvalue weighted by atomic mass is 19.1. The molecule has 0 radical (unpaired) electrons. The Bertz CT molecular complexity index is 332. The predicted octanol–water partition coefficient (Wildman–Crippen LogP) is 0.789. The highest BCUT2D eigenvalue weighted by Gasteiger charge is 2.09. The summed E-state index contributed by atoms with van der Waals surface area (Å²) in [6.45, 7) is 2.21. The van der Waals surface area contributed by atoms with E-state index in [0.717, 1.165) is 6.42 Å². The van der Waals surface area contributed by atoms with Crippen molar-refractivity contribution >= 4 is 5.82 Å². The van der Waals surface area contributed by atoms with Crippen LogP contribution in [0.25, 0.3) is 0 Å². The molecule has 0 aliphatic heterocycles. The Morgan fingerprint density at radius 1 is 1.47 bits per heavy atom. The van der Waals surface area contributed by atoms with Crippen LogP contribution in [0.2, 0.25) is 0 Å². The van der Waals surface area contributed by atoms with Gasteiger partial charge in [0, 0.05) is 20.1 Å². The summed E-state index contributed by atoms with van der Waals surface area (Å²) in [5, 5.41) is 0. The lowest BCUT2D eigenvalue weighted by atomic mass is 10.3. The number of hydrazine groups is 1. The van der Waals surface area contributed by atoms with Crippen molar-refractivity contribution < 1.29 is 9.13 Å². The van der Waals surface area contributed by atoms with E-state index < -0.39 is 5.82 Å². The number of aromatic nitrogens is 2. The third-order valence-corrected chi connectivity index (χ3v) is 1.95. The Hall–Kier alpha value is -1.27. The molecule has 1 heterocycles. The van der Waals surface area contributed by atoms with E-state index in [1.807, 2.05) is 0 Å². The second kappa shape index (κ2) is 5.57. The lowest BCUT2D eigenvalue weighted by Gasteiger charge is -2.06. The Labute approximate surface area is 87.8 Å². The third kappa shape index (κ3) is 3.10. The standard InChI is InChI=1S/C9H15FN4O/c1-6-8(10)9(14-11)13-7(12-6)4-3-5-15-2/h3-5,11H2,1-2H3,(H,12,13,14). The van der Waals surface area contributed by atoms with Gasteiger partial charge in [0.05, 0.1) is 5.69 Å². The average molecular weight is 214 g/mol. The van der Waals surface area contributed by atoms with Gasteiger partial charge < -0.3 is 10.2 Å². The van der Waals surface area contributed by atoms with Gasteiger partial charge in [-0.25, -0.2) is 20.2 Å². The van der Waals surface area contributed by atoms with Crippen LogP contribution in [0.1, 0.15) is 17.9 Å². The second-order valence-electron chi connectivity index (χ2n) is 3.13. The number of methoxy groups -OCH3 is 1. The van der Waals surface area contributed by atoms with Crippen molar-refractivity contribution in [2.75, 3.05) is 19.1 Å². The minimum absolute atomic E-state index is 0.0370. The van der Waals surface area contributed by atoms with E-state index in [4.69, 9.17) is 10.6 Å². The van der Waals surface area contributed by atoms with Crippen molar-refractivity contribution in [1.29, 1.82) is 0 Å². The maximum Gasteiger partial charge on any atom is 0.187 e. The van der Waals surface area contributed by atoms with Crippen LogP contribution in [-0.2, 0) is 11.2 Å². The number of ether oxygens (including phenoxy) is 1. The summed E-state index contributed by atoms with van der Waals surface area (Å²) in [6.07, 6.45) is 1.44. The molecule has 1 aromatic heterocycles. The van der Waals surface area contributed by atoms with Crippen LogP contribution in [0.4, 0.5) is 10.2 Å². The number of hydrogen-bond acceptors (Lipinski definition) is 5. The number of hydrogen-bond donors (Lipinski definition) is 2. The van der Waals surface area contributed by atoms with E-state index in [1.165, 1.54) is 0 Å². The summed E-state index contributed by atoms with van der Waals surface area (Å²) < 4.78 is 18.2. The zero-order chi connectivity index (χ0) is 11.3. The van der Waals surface area contributed by atoms with Crippen LogP contribution in [0.5, 0.6) is 0 Å². The number of nitrogens with two attached hydrogens (primary N) is 1. The average Bonchev–Trinajstić information content (AvgIpc) is 2.23. The number of nitrogens with zero attached hydrogens (tertiary/aromatic N) is 2. The highest BCUT2D eigenvalue weighted by Crippen LogP contribution is 2.13. The summed E-state index contributed by atoms with van der Waals surface area (Å²) in [6, 6.07) is 0. The van der Waals surface area contributed by atoms with Gasteiger partial charge in [-0.1, -0.05) is 0 Å². The third-order valence-electron chi connectivity index (χ3n) is 1.95. The topological polar surface area (TPSA) is 73.1 Å². The largest absolute Gasteiger partial charge is 0.385 e. The summed E-state index contributed by atoms with van der Waals surface area (Å²) in [4.78, 5) is 7.96. The van der Waals surface area contributed by atoms with Crippen LogP contribution >= 0.6 is 0 Å². The van der Waals surface area contributed by atoms with Gasteiger partial charge >= 0.3 is 0 Å². The molecule has 5 nitrogen and oxygen atoms in total. The Morgan fingerprint density at radius 3 is 2.80 bits per heavy atom. The summed E-state index contributed by atoms with van der Waals surface area (Å²) >= 11 is 0. The Morgan fingerprint density at radius 2 is 2.20 bits per heavy atom. The highest BCUT2D eigenvalue weighted by molar-refractivity contribution is 5.36. The molecule has 0 saturated carbocycles. The maximum absolute atomic E-state index is 13.3. The van der Waals surface area contributed by atoms with Gasteiger partial charge in [-0.15, -0.1) is 0 Å². The van der Waals surface area contributed by atoms with Crippen molar-refractivity contribution in [3.63, 3.8) is 0 Å². The van der Waals surface area contributed by atoms with Crippen LogP contribution in [0, 0.1) is 12.7 Å². The number of anilines is 1. The van der Waals surface area contributed by atoms with Gasteiger partial charge in [0.25, 0.3) is 0 Å². The number of halogens is 1. The zero-order valence-corrected chi connectivity index (χ0v) is 8.88. The fourth-order valence-corrected chi connectivity index (χ4v) is 1.20. The van der Waals surface area contributed by atoms with E-state index in [0.29, 0.717) is 24.5 Å². The molecule has 0 atom stereocenters. The Kier molecular flexibility index (Phi) is 4.38. The fourth-order valence-electron chi connectivity index (χ4n) is 1.20. The minimum atomic E-state index is -0.506. The first kappa shape index (κ1) is 11.8.